The van der Waals surface area contributed by atoms with Crippen LogP contribution in [0.5, 0.6) is 0 Å². The van der Waals surface area contributed by atoms with Crippen LogP contribution in [0, 0.1) is 48.9 Å². The van der Waals surface area contributed by atoms with Crippen molar-refractivity contribution in [2.75, 3.05) is 27.8 Å². The van der Waals surface area contributed by atoms with Crippen molar-refractivity contribution in [3.63, 3.8) is 0 Å². The van der Waals surface area contributed by atoms with Crippen molar-refractivity contribution in [2.45, 2.75) is 58.0 Å². The SMILES string of the molecule is COCCCCC1CCCC1.C[N-]C(C)[N-]C.[CH3-].[La+3]. The van der Waals surface area contributed by atoms with Crippen molar-refractivity contribution in [3.8, 4) is 0 Å². The van der Waals surface area contributed by atoms with Gasteiger partial charge in [-0.3, -0.25) is 0 Å². The molecule has 0 spiro atoms. The van der Waals surface area contributed by atoms with Crippen molar-refractivity contribution in [1.29, 1.82) is 0 Å². The van der Waals surface area contributed by atoms with Crippen LogP contribution >= 0.6 is 0 Å². The van der Waals surface area contributed by atoms with Crippen LogP contribution in [-0.2, 0) is 4.74 Å². The second-order valence-corrected chi connectivity index (χ2v) is 4.79. The van der Waals surface area contributed by atoms with Crippen molar-refractivity contribution >= 4 is 0 Å². The maximum Gasteiger partial charge on any atom is 3.00 e. The molecule has 19 heavy (non-hydrogen) atoms. The molecule has 0 heterocycles. The molecule has 1 saturated carbocycles. The number of nitrogens with zero attached hydrogens (tertiary/aromatic N) is 2. The monoisotopic (exact) mass is 396 g/mol. The summed E-state index contributed by atoms with van der Waals surface area (Å²) in [6.45, 7) is 2.90. The molecule has 1 fully saturated rings. The molecule has 0 bridgehead atoms. The van der Waals surface area contributed by atoms with E-state index in [9.17, 15) is 0 Å². The summed E-state index contributed by atoms with van der Waals surface area (Å²) >= 11 is 0. The number of ether oxygens (including phenoxy) is 1. The summed E-state index contributed by atoms with van der Waals surface area (Å²) in [5, 5.41) is 7.68. The van der Waals surface area contributed by atoms with Gasteiger partial charge in [0.25, 0.3) is 0 Å². The summed E-state index contributed by atoms with van der Waals surface area (Å²) in [5.41, 5.74) is 0. The molecule has 0 unspecified atom stereocenters. The minimum Gasteiger partial charge on any atom is -0.681 e. The molecule has 1 aliphatic rings. The number of hydrogen-bond acceptors (Lipinski definition) is 1. The van der Waals surface area contributed by atoms with Gasteiger partial charge in [0, 0.05) is 13.7 Å². The number of unbranched alkanes of at least 4 members (excludes halogenated alkanes) is 1. The molecule has 1 aliphatic carbocycles. The van der Waals surface area contributed by atoms with E-state index in [0.29, 0.717) is 0 Å². The molecule has 4 heteroatoms. The number of rotatable bonds is 7. The molecular formula is C15H33LaN2O. The first-order chi connectivity index (χ1) is 8.24. The molecule has 0 aromatic carbocycles. The molecule has 0 radical (unpaired) electrons. The van der Waals surface area contributed by atoms with Gasteiger partial charge in [-0.05, 0) is 12.3 Å². The van der Waals surface area contributed by atoms with Crippen LogP contribution in [0.15, 0.2) is 0 Å². The normalized spacial score (nSPS) is 14.4. The van der Waals surface area contributed by atoms with E-state index in [0.717, 1.165) is 12.5 Å². The second-order valence-electron chi connectivity index (χ2n) is 4.79. The molecule has 0 N–H and O–H groups in total. The van der Waals surface area contributed by atoms with E-state index >= 15 is 0 Å². The van der Waals surface area contributed by atoms with Gasteiger partial charge in [-0.1, -0.05) is 38.5 Å². The minimum absolute atomic E-state index is 0. The van der Waals surface area contributed by atoms with Crippen LogP contribution < -0.4 is 0 Å². The fourth-order valence-corrected chi connectivity index (χ4v) is 2.09. The molecule has 1 rings (SSSR count). The molecule has 0 atom stereocenters. The van der Waals surface area contributed by atoms with Crippen molar-refractivity contribution in [2.24, 2.45) is 5.92 Å². The fraction of sp³-hybridized carbons (Fsp3) is 0.933. The topological polar surface area (TPSA) is 37.4 Å². The van der Waals surface area contributed by atoms with Gasteiger partial charge in [0.1, 0.15) is 0 Å². The van der Waals surface area contributed by atoms with Gasteiger partial charge in [0.15, 0.2) is 0 Å². The molecule has 0 saturated heterocycles. The summed E-state index contributed by atoms with van der Waals surface area (Å²) in [7, 11) is 5.31. The van der Waals surface area contributed by atoms with Crippen LogP contribution in [0.3, 0.4) is 0 Å². The van der Waals surface area contributed by atoms with Crippen molar-refractivity contribution in [1.82, 2.24) is 0 Å². The Hall–Kier alpha value is 1.07. The maximum atomic E-state index is 5.01. The van der Waals surface area contributed by atoms with E-state index in [1.165, 1.54) is 44.9 Å². The Balaban J connectivity index is -0.000000282. The van der Waals surface area contributed by atoms with Crippen molar-refractivity contribution in [3.05, 3.63) is 18.1 Å². The van der Waals surface area contributed by atoms with Gasteiger partial charge >= 0.3 is 35.6 Å². The van der Waals surface area contributed by atoms with Crippen LogP contribution in [0.25, 0.3) is 10.6 Å². The molecule has 112 valence electrons. The van der Waals surface area contributed by atoms with E-state index in [-0.39, 0.29) is 49.2 Å². The standard InChI is InChI=1S/C10H20O.C4H10N2.CH3.La/c1-11-9-5-4-8-10-6-2-3-7-10;1-4(5-2)6-3;;/h10H,2-9H2,1H3;4H,1-3H3;1H3;/q;-2;-1;+3. The van der Waals surface area contributed by atoms with Gasteiger partial charge in [-0.2, -0.15) is 14.1 Å². The quantitative estimate of drug-likeness (QED) is 0.451. The predicted octanol–water partition coefficient (Wildman–Crippen LogP) is 4.78. The Morgan fingerprint density at radius 1 is 1.11 bits per heavy atom. The summed E-state index contributed by atoms with van der Waals surface area (Å²) in [4.78, 5) is 0. The zero-order valence-electron chi connectivity index (χ0n) is 13.7. The molecular weight excluding hydrogens is 363 g/mol. The van der Waals surface area contributed by atoms with Gasteiger partial charge in [0.05, 0.1) is 0 Å². The van der Waals surface area contributed by atoms with Gasteiger partial charge in [-0.25, -0.2) is 6.17 Å². The molecule has 0 amide bonds. The molecule has 0 aromatic rings. The summed E-state index contributed by atoms with van der Waals surface area (Å²) < 4.78 is 5.01. The number of methoxy groups -OCH3 is 1. The van der Waals surface area contributed by atoms with E-state index < -0.39 is 0 Å². The maximum absolute atomic E-state index is 5.01. The van der Waals surface area contributed by atoms with Crippen molar-refractivity contribution < 1.29 is 40.3 Å². The Morgan fingerprint density at radius 2 is 1.63 bits per heavy atom. The average Bonchev–Trinajstić information content (AvgIpc) is 2.87. The first kappa shape index (κ1) is 25.1. The molecule has 0 aliphatic heterocycles. The molecule has 0 aromatic heterocycles. The fourth-order valence-electron chi connectivity index (χ4n) is 2.09. The first-order valence-electron chi connectivity index (χ1n) is 6.91. The van der Waals surface area contributed by atoms with E-state index in [1.54, 1.807) is 21.2 Å². The van der Waals surface area contributed by atoms with Gasteiger partial charge in [0.2, 0.25) is 0 Å². The Kier molecular flexibility index (Phi) is 25.2. The largest absolute Gasteiger partial charge is 3.00 e. The third kappa shape index (κ3) is 17.0. The molecule has 3 nitrogen and oxygen atoms in total. The third-order valence-electron chi connectivity index (χ3n) is 3.43. The Bertz CT molecular complexity index is 149. The number of hydrogen-bond donors (Lipinski definition) is 0. The summed E-state index contributed by atoms with van der Waals surface area (Å²) in [6.07, 6.45) is 10.2. The van der Waals surface area contributed by atoms with E-state index in [1.807, 2.05) is 6.92 Å². The summed E-state index contributed by atoms with van der Waals surface area (Å²) in [5.74, 6) is 1.06. The van der Waals surface area contributed by atoms with Crippen LogP contribution in [0.1, 0.15) is 51.9 Å². The Labute approximate surface area is 149 Å². The minimum atomic E-state index is 0. The van der Waals surface area contributed by atoms with Crippen LogP contribution in [0.2, 0.25) is 0 Å². The third-order valence-corrected chi connectivity index (χ3v) is 3.43. The first-order valence-corrected chi connectivity index (χ1v) is 6.91. The van der Waals surface area contributed by atoms with Crippen LogP contribution in [-0.4, -0.2) is 34.0 Å². The Morgan fingerprint density at radius 3 is 2.00 bits per heavy atom. The zero-order chi connectivity index (χ0) is 12.9. The van der Waals surface area contributed by atoms with E-state index in [2.05, 4.69) is 10.6 Å². The van der Waals surface area contributed by atoms with E-state index in [4.69, 9.17) is 4.74 Å². The van der Waals surface area contributed by atoms with Gasteiger partial charge in [-0.15, -0.1) is 6.92 Å². The zero-order valence-corrected chi connectivity index (χ0v) is 17.3. The smallest absolute Gasteiger partial charge is 0.681 e. The predicted molar refractivity (Wildman–Crippen MR) is 82.1 cm³/mol. The average molecular weight is 396 g/mol. The van der Waals surface area contributed by atoms with Crippen LogP contribution in [0.4, 0.5) is 0 Å². The van der Waals surface area contributed by atoms with Gasteiger partial charge < -0.3 is 22.8 Å². The summed E-state index contributed by atoms with van der Waals surface area (Å²) in [6, 6.07) is 0. The second kappa shape index (κ2) is 19.1.